The van der Waals surface area contributed by atoms with E-state index in [-0.39, 0.29) is 5.41 Å². The number of benzene rings is 4. The molecule has 0 heterocycles. The van der Waals surface area contributed by atoms with E-state index in [1.807, 2.05) is 0 Å². The smallest absolute Gasteiger partial charge is 0.0541 e. The van der Waals surface area contributed by atoms with Gasteiger partial charge in [-0.25, -0.2) is 0 Å². The molecular weight excluding hydrogens is 386 g/mol. The van der Waals surface area contributed by atoms with E-state index < -0.39 is 0 Å². The van der Waals surface area contributed by atoms with E-state index in [1.165, 1.54) is 39.0 Å². The molecular formula is C31H23N. The maximum absolute atomic E-state index is 3.63. The number of allylic oxidation sites excluding steroid dienone is 4. The molecule has 0 amide bonds. The monoisotopic (exact) mass is 409 g/mol. The number of hydrogen-bond acceptors (Lipinski definition) is 1. The van der Waals surface area contributed by atoms with Gasteiger partial charge in [0.2, 0.25) is 0 Å². The first-order chi connectivity index (χ1) is 15.9. The molecule has 1 heteroatoms. The minimum Gasteiger partial charge on any atom is -0.356 e. The molecule has 0 radical (unpaired) electrons. The van der Waals surface area contributed by atoms with Crippen LogP contribution in [-0.4, -0.2) is 0 Å². The average Bonchev–Trinajstić information content (AvgIpc) is 3.32. The molecule has 1 N–H and O–H groups in total. The zero-order chi connectivity index (χ0) is 21.1. The van der Waals surface area contributed by atoms with Crippen LogP contribution >= 0.6 is 0 Å². The third kappa shape index (κ3) is 2.23. The summed E-state index contributed by atoms with van der Waals surface area (Å²) in [4.78, 5) is 0. The summed E-state index contributed by atoms with van der Waals surface area (Å²) in [7, 11) is 0. The third-order valence-electron chi connectivity index (χ3n) is 7.49. The van der Waals surface area contributed by atoms with Crippen LogP contribution in [0, 0.1) is 5.92 Å². The molecule has 0 aliphatic heterocycles. The standard InChI is InChI=1S/C31H23N/c1-2-10-21(11-3-1)32-22-18-19-26-25-14-6-9-17-29(25)31(30(26)20-22)27-15-7-4-12-23(27)24-13-5-8-16-28(24)31/h1-15,17-20,28,32H,16H2. The molecule has 3 aliphatic carbocycles. The summed E-state index contributed by atoms with van der Waals surface area (Å²) in [5, 5.41) is 3.63. The summed E-state index contributed by atoms with van der Waals surface area (Å²) in [5.41, 5.74) is 12.1. The van der Waals surface area contributed by atoms with Crippen LogP contribution in [-0.2, 0) is 5.41 Å². The molecule has 7 rings (SSSR count). The van der Waals surface area contributed by atoms with Gasteiger partial charge in [0, 0.05) is 17.3 Å². The second-order valence-corrected chi connectivity index (χ2v) is 8.99. The highest BCUT2D eigenvalue weighted by molar-refractivity contribution is 5.93. The van der Waals surface area contributed by atoms with Gasteiger partial charge in [-0.2, -0.15) is 0 Å². The number of fused-ring (bicyclic) bond motifs is 10. The molecule has 2 unspecified atom stereocenters. The zero-order valence-electron chi connectivity index (χ0n) is 17.8. The van der Waals surface area contributed by atoms with Crippen LogP contribution < -0.4 is 5.32 Å². The van der Waals surface area contributed by atoms with E-state index >= 15 is 0 Å². The van der Waals surface area contributed by atoms with Gasteiger partial charge >= 0.3 is 0 Å². The van der Waals surface area contributed by atoms with Crippen molar-refractivity contribution in [3.05, 3.63) is 138 Å². The van der Waals surface area contributed by atoms with Crippen molar-refractivity contribution in [3.63, 3.8) is 0 Å². The molecule has 152 valence electrons. The van der Waals surface area contributed by atoms with Crippen molar-refractivity contribution in [1.82, 2.24) is 0 Å². The molecule has 4 aromatic carbocycles. The molecule has 0 saturated carbocycles. The summed E-state index contributed by atoms with van der Waals surface area (Å²) in [6.45, 7) is 0. The van der Waals surface area contributed by atoms with E-state index in [0.717, 1.165) is 17.8 Å². The maximum Gasteiger partial charge on any atom is 0.0541 e. The van der Waals surface area contributed by atoms with E-state index in [2.05, 4.69) is 121 Å². The third-order valence-corrected chi connectivity index (χ3v) is 7.49. The molecule has 0 fully saturated rings. The zero-order valence-corrected chi connectivity index (χ0v) is 17.8. The molecule has 3 aliphatic rings. The Hall–Kier alpha value is -3.84. The van der Waals surface area contributed by atoms with E-state index in [1.54, 1.807) is 0 Å². The minimum atomic E-state index is -0.145. The largest absolute Gasteiger partial charge is 0.356 e. The first-order valence-electron chi connectivity index (χ1n) is 11.4. The predicted octanol–water partition coefficient (Wildman–Crippen LogP) is 7.72. The summed E-state index contributed by atoms with van der Waals surface area (Å²) in [6, 6.07) is 35.5. The van der Waals surface area contributed by atoms with Gasteiger partial charge in [-0.05, 0) is 69.6 Å². The van der Waals surface area contributed by atoms with Gasteiger partial charge in [0.05, 0.1) is 5.41 Å². The lowest BCUT2D eigenvalue weighted by Gasteiger charge is -2.36. The second kappa shape index (κ2) is 6.58. The summed E-state index contributed by atoms with van der Waals surface area (Å²) >= 11 is 0. The molecule has 4 aromatic rings. The number of rotatable bonds is 2. The van der Waals surface area contributed by atoms with Crippen LogP contribution in [0.4, 0.5) is 11.4 Å². The number of nitrogens with one attached hydrogen (secondary N) is 1. The van der Waals surface area contributed by atoms with E-state index in [0.29, 0.717) is 5.92 Å². The highest BCUT2D eigenvalue weighted by Gasteiger charge is 2.55. The van der Waals surface area contributed by atoms with Crippen LogP contribution in [0.5, 0.6) is 0 Å². The van der Waals surface area contributed by atoms with Crippen molar-refractivity contribution in [2.75, 3.05) is 5.32 Å². The molecule has 1 spiro atoms. The summed E-state index contributed by atoms with van der Waals surface area (Å²) < 4.78 is 0. The molecule has 0 saturated heterocycles. The average molecular weight is 410 g/mol. The van der Waals surface area contributed by atoms with E-state index in [4.69, 9.17) is 0 Å². The van der Waals surface area contributed by atoms with Crippen molar-refractivity contribution < 1.29 is 0 Å². The van der Waals surface area contributed by atoms with Crippen molar-refractivity contribution >= 4 is 16.9 Å². The van der Waals surface area contributed by atoms with Gasteiger partial charge in [0.1, 0.15) is 0 Å². The molecule has 32 heavy (non-hydrogen) atoms. The van der Waals surface area contributed by atoms with Crippen LogP contribution in [0.2, 0.25) is 0 Å². The van der Waals surface area contributed by atoms with Gasteiger partial charge in [-0.1, -0.05) is 91.0 Å². The Kier molecular flexibility index (Phi) is 3.66. The first-order valence-corrected chi connectivity index (χ1v) is 11.4. The topological polar surface area (TPSA) is 12.0 Å². The molecule has 0 aromatic heterocycles. The Balaban J connectivity index is 1.52. The Morgan fingerprint density at radius 3 is 2.16 bits per heavy atom. The summed E-state index contributed by atoms with van der Waals surface area (Å²) in [6.07, 6.45) is 7.98. The highest BCUT2D eigenvalue weighted by atomic mass is 14.9. The fraction of sp³-hybridized carbons (Fsp3) is 0.0968. The lowest BCUT2D eigenvalue weighted by atomic mass is 9.65. The van der Waals surface area contributed by atoms with Crippen molar-refractivity contribution in [1.29, 1.82) is 0 Å². The van der Waals surface area contributed by atoms with Crippen molar-refractivity contribution in [2.45, 2.75) is 11.8 Å². The van der Waals surface area contributed by atoms with Crippen LogP contribution in [0.15, 0.2) is 115 Å². The first kappa shape index (κ1) is 17.8. The van der Waals surface area contributed by atoms with E-state index in [9.17, 15) is 0 Å². The molecule has 1 nitrogen and oxygen atoms in total. The molecule has 2 atom stereocenters. The minimum absolute atomic E-state index is 0.145. The van der Waals surface area contributed by atoms with Crippen LogP contribution in [0.25, 0.3) is 16.7 Å². The Morgan fingerprint density at radius 2 is 1.31 bits per heavy atom. The predicted molar refractivity (Wildman–Crippen MR) is 133 cm³/mol. The van der Waals surface area contributed by atoms with Gasteiger partial charge in [-0.3, -0.25) is 0 Å². The SMILES string of the molecule is C1=CCC2C(=C1)c1ccccc1C21c2ccccc2-c2ccc(Nc3ccccc3)cc21. The second-order valence-electron chi connectivity index (χ2n) is 8.99. The Bertz CT molecular complexity index is 1430. The lowest BCUT2D eigenvalue weighted by molar-refractivity contribution is 0.495. The number of para-hydroxylation sites is 1. The van der Waals surface area contributed by atoms with Gasteiger partial charge in [0.15, 0.2) is 0 Å². The number of hydrogen-bond donors (Lipinski definition) is 1. The fourth-order valence-electron chi connectivity index (χ4n) is 6.33. The quantitative estimate of drug-likeness (QED) is 0.357. The van der Waals surface area contributed by atoms with Gasteiger partial charge < -0.3 is 5.32 Å². The van der Waals surface area contributed by atoms with Crippen LogP contribution in [0.1, 0.15) is 28.7 Å². The summed E-state index contributed by atoms with van der Waals surface area (Å²) in [5.74, 6) is 0.416. The Morgan fingerprint density at radius 1 is 0.625 bits per heavy atom. The Labute approximate surface area is 188 Å². The highest BCUT2D eigenvalue weighted by Crippen LogP contribution is 2.65. The normalized spacial score (nSPS) is 21.5. The van der Waals surface area contributed by atoms with Crippen molar-refractivity contribution in [2.24, 2.45) is 5.92 Å². The number of anilines is 2. The van der Waals surface area contributed by atoms with Crippen LogP contribution in [0.3, 0.4) is 0 Å². The maximum atomic E-state index is 3.63. The van der Waals surface area contributed by atoms with Gasteiger partial charge in [-0.15, -0.1) is 0 Å². The van der Waals surface area contributed by atoms with Crippen molar-refractivity contribution in [3.8, 4) is 11.1 Å². The lowest BCUT2D eigenvalue weighted by Crippen LogP contribution is -2.32. The van der Waals surface area contributed by atoms with Gasteiger partial charge in [0.25, 0.3) is 0 Å². The molecule has 0 bridgehead atoms. The fourth-order valence-corrected chi connectivity index (χ4v) is 6.33.